The van der Waals surface area contributed by atoms with Crippen LogP contribution in [0.25, 0.3) is 0 Å². The summed E-state index contributed by atoms with van der Waals surface area (Å²) in [5.74, 6) is 0. The van der Waals surface area contributed by atoms with Crippen molar-refractivity contribution in [1.29, 1.82) is 0 Å². The van der Waals surface area contributed by atoms with E-state index in [9.17, 15) is 10.2 Å². The third kappa shape index (κ3) is 4.34. The Balaban J connectivity index is 1.56. The van der Waals surface area contributed by atoms with Gasteiger partial charge in [-0.3, -0.25) is 0 Å². The molecular formula is C22H25ClO6. The highest BCUT2D eigenvalue weighted by Gasteiger charge is 2.48. The van der Waals surface area contributed by atoms with Crippen LogP contribution in [-0.2, 0) is 18.9 Å². The third-order valence-corrected chi connectivity index (χ3v) is 5.73. The van der Waals surface area contributed by atoms with Gasteiger partial charge in [0.05, 0.1) is 13.2 Å². The SMILES string of the molecule is Cc1ccc(C2O[C@H]([C@H](O)CO)[C@@H]3OC(c4ccc(Cl)cc4)OC[C@@H]3O2)cc1C. The predicted molar refractivity (Wildman–Crippen MR) is 107 cm³/mol. The first kappa shape index (κ1) is 20.8. The molecule has 0 saturated carbocycles. The Labute approximate surface area is 174 Å². The summed E-state index contributed by atoms with van der Waals surface area (Å²) in [6.45, 7) is 3.89. The molecule has 2 aromatic carbocycles. The van der Waals surface area contributed by atoms with Crippen molar-refractivity contribution in [3.05, 3.63) is 69.7 Å². The van der Waals surface area contributed by atoms with Gasteiger partial charge in [-0.2, -0.15) is 0 Å². The molecule has 6 atom stereocenters. The van der Waals surface area contributed by atoms with Crippen LogP contribution in [0.3, 0.4) is 0 Å². The molecule has 2 aliphatic heterocycles. The molecule has 29 heavy (non-hydrogen) atoms. The normalized spacial score (nSPS) is 30.6. The van der Waals surface area contributed by atoms with E-state index in [-0.39, 0.29) is 6.61 Å². The molecule has 6 nitrogen and oxygen atoms in total. The van der Waals surface area contributed by atoms with E-state index in [1.165, 1.54) is 5.56 Å². The van der Waals surface area contributed by atoms with E-state index >= 15 is 0 Å². The summed E-state index contributed by atoms with van der Waals surface area (Å²) in [5.41, 5.74) is 3.95. The molecule has 4 rings (SSSR count). The molecule has 0 aromatic heterocycles. The first-order chi connectivity index (χ1) is 14.0. The van der Waals surface area contributed by atoms with Gasteiger partial charge in [-0.15, -0.1) is 0 Å². The Hall–Kier alpha value is -1.51. The number of benzene rings is 2. The third-order valence-electron chi connectivity index (χ3n) is 5.47. The number of aliphatic hydroxyl groups is 2. The van der Waals surface area contributed by atoms with Gasteiger partial charge >= 0.3 is 0 Å². The zero-order valence-electron chi connectivity index (χ0n) is 16.3. The maximum atomic E-state index is 10.4. The van der Waals surface area contributed by atoms with E-state index in [2.05, 4.69) is 0 Å². The summed E-state index contributed by atoms with van der Waals surface area (Å²) in [6, 6.07) is 13.1. The molecule has 2 unspecified atom stereocenters. The fourth-order valence-electron chi connectivity index (χ4n) is 3.64. The first-order valence-corrected chi connectivity index (χ1v) is 10.0. The van der Waals surface area contributed by atoms with Crippen LogP contribution in [0, 0.1) is 13.8 Å². The van der Waals surface area contributed by atoms with Crippen LogP contribution in [0.1, 0.15) is 34.8 Å². The van der Waals surface area contributed by atoms with E-state index in [0.717, 1.165) is 16.7 Å². The van der Waals surface area contributed by atoms with E-state index in [0.29, 0.717) is 5.02 Å². The Bertz CT molecular complexity index is 842. The predicted octanol–water partition coefficient (Wildman–Crippen LogP) is 3.21. The van der Waals surface area contributed by atoms with E-state index < -0.39 is 43.6 Å². The molecule has 7 heteroatoms. The molecule has 0 bridgehead atoms. The van der Waals surface area contributed by atoms with Crippen molar-refractivity contribution in [2.45, 2.75) is 50.8 Å². The van der Waals surface area contributed by atoms with Crippen LogP contribution in [-0.4, -0.2) is 47.8 Å². The van der Waals surface area contributed by atoms with Crippen LogP contribution in [0.2, 0.25) is 5.02 Å². The first-order valence-electron chi connectivity index (χ1n) is 9.66. The van der Waals surface area contributed by atoms with Gasteiger partial charge < -0.3 is 29.2 Å². The van der Waals surface area contributed by atoms with Gasteiger partial charge in [0.1, 0.15) is 24.4 Å². The van der Waals surface area contributed by atoms with Crippen molar-refractivity contribution < 1.29 is 29.2 Å². The summed E-state index contributed by atoms with van der Waals surface area (Å²) in [6.07, 6.45) is -4.21. The van der Waals surface area contributed by atoms with Gasteiger partial charge in [0, 0.05) is 16.1 Å². The minimum atomic E-state index is -1.11. The highest BCUT2D eigenvalue weighted by Crippen LogP contribution is 2.39. The quantitative estimate of drug-likeness (QED) is 0.791. The topological polar surface area (TPSA) is 77.4 Å². The number of ether oxygens (including phenoxy) is 4. The molecule has 2 fully saturated rings. The molecule has 2 aliphatic rings. The van der Waals surface area contributed by atoms with Crippen LogP contribution in [0.15, 0.2) is 42.5 Å². The number of halogens is 1. The van der Waals surface area contributed by atoms with Crippen LogP contribution in [0.4, 0.5) is 0 Å². The van der Waals surface area contributed by atoms with Gasteiger partial charge in [-0.1, -0.05) is 41.9 Å². The summed E-state index contributed by atoms with van der Waals surface area (Å²) < 4.78 is 24.1. The molecule has 0 radical (unpaired) electrons. The molecule has 0 aliphatic carbocycles. The summed E-state index contributed by atoms with van der Waals surface area (Å²) >= 11 is 5.96. The minimum Gasteiger partial charge on any atom is -0.394 e. The highest BCUT2D eigenvalue weighted by molar-refractivity contribution is 6.30. The largest absolute Gasteiger partial charge is 0.394 e. The lowest BCUT2D eigenvalue weighted by atomic mass is 9.99. The Kier molecular flexibility index (Phi) is 6.22. The number of hydrogen-bond acceptors (Lipinski definition) is 6. The van der Waals surface area contributed by atoms with Crippen LogP contribution >= 0.6 is 11.6 Å². The van der Waals surface area contributed by atoms with Crippen molar-refractivity contribution >= 4 is 11.6 Å². The number of fused-ring (bicyclic) bond motifs is 1. The van der Waals surface area contributed by atoms with E-state index in [1.807, 2.05) is 44.2 Å². The Morgan fingerprint density at radius 3 is 2.38 bits per heavy atom. The van der Waals surface area contributed by atoms with E-state index in [4.69, 9.17) is 30.5 Å². The fraction of sp³-hybridized carbons (Fsp3) is 0.455. The zero-order chi connectivity index (χ0) is 20.5. The van der Waals surface area contributed by atoms with Gasteiger partial charge in [0.25, 0.3) is 0 Å². The Morgan fingerprint density at radius 1 is 0.966 bits per heavy atom. The monoisotopic (exact) mass is 420 g/mol. The average Bonchev–Trinajstić information content (AvgIpc) is 2.74. The van der Waals surface area contributed by atoms with Crippen molar-refractivity contribution in [2.24, 2.45) is 0 Å². The average molecular weight is 421 g/mol. The number of aliphatic hydroxyl groups excluding tert-OH is 2. The molecule has 0 amide bonds. The molecular weight excluding hydrogens is 396 g/mol. The summed E-state index contributed by atoms with van der Waals surface area (Å²) in [5, 5.41) is 20.6. The Morgan fingerprint density at radius 2 is 1.69 bits per heavy atom. The van der Waals surface area contributed by atoms with Crippen molar-refractivity contribution in [3.63, 3.8) is 0 Å². The van der Waals surface area contributed by atoms with Crippen LogP contribution in [0.5, 0.6) is 0 Å². The highest BCUT2D eigenvalue weighted by atomic mass is 35.5. The van der Waals surface area contributed by atoms with Crippen LogP contribution < -0.4 is 0 Å². The van der Waals surface area contributed by atoms with Gasteiger partial charge in [-0.25, -0.2) is 0 Å². The molecule has 0 spiro atoms. The zero-order valence-corrected chi connectivity index (χ0v) is 17.1. The van der Waals surface area contributed by atoms with Crippen molar-refractivity contribution in [2.75, 3.05) is 13.2 Å². The van der Waals surface area contributed by atoms with Gasteiger partial charge in [-0.05, 0) is 37.1 Å². The maximum absolute atomic E-state index is 10.4. The lowest BCUT2D eigenvalue weighted by Crippen LogP contribution is -2.58. The second-order valence-corrected chi connectivity index (χ2v) is 7.95. The van der Waals surface area contributed by atoms with Crippen molar-refractivity contribution in [3.8, 4) is 0 Å². The molecule has 2 aromatic rings. The fourth-order valence-corrected chi connectivity index (χ4v) is 3.77. The number of hydrogen-bond donors (Lipinski definition) is 2. The summed E-state index contributed by atoms with van der Waals surface area (Å²) in [7, 11) is 0. The minimum absolute atomic E-state index is 0.275. The molecule has 2 heterocycles. The molecule has 2 saturated heterocycles. The van der Waals surface area contributed by atoms with Crippen molar-refractivity contribution in [1.82, 2.24) is 0 Å². The van der Waals surface area contributed by atoms with Gasteiger partial charge in [0.2, 0.25) is 0 Å². The standard InChI is InChI=1S/C22H25ClO6/c1-12-3-4-15(9-13(12)2)22-27-18-11-26-21(14-5-7-16(23)8-6-14)29-20(18)19(28-22)17(25)10-24/h3-9,17-22,24-25H,10-11H2,1-2H3/t17-,18+,19-,20-,21?,22?/m1/s1. The lowest BCUT2D eigenvalue weighted by molar-refractivity contribution is -0.373. The second kappa shape index (κ2) is 8.70. The molecule has 2 N–H and O–H groups in total. The lowest BCUT2D eigenvalue weighted by Gasteiger charge is -2.47. The molecule has 156 valence electrons. The summed E-state index contributed by atoms with van der Waals surface area (Å²) in [4.78, 5) is 0. The number of aryl methyl sites for hydroxylation is 2. The smallest absolute Gasteiger partial charge is 0.184 e. The van der Waals surface area contributed by atoms with E-state index in [1.54, 1.807) is 12.1 Å². The second-order valence-electron chi connectivity index (χ2n) is 7.52. The maximum Gasteiger partial charge on any atom is 0.184 e. The van der Waals surface area contributed by atoms with Gasteiger partial charge in [0.15, 0.2) is 12.6 Å². The number of rotatable bonds is 4.